The number of imide groups is 1. The molecule has 1 aliphatic carbocycles. The maximum absolute atomic E-state index is 13.3. The number of aryl methyl sites for hydroxylation is 1. The highest BCUT2D eigenvalue weighted by molar-refractivity contribution is 7.99. The first-order valence-electron chi connectivity index (χ1n) is 10.3. The number of thioether (sulfide) groups is 1. The first-order valence-corrected chi connectivity index (χ1v) is 11.3. The lowest BCUT2D eigenvalue weighted by Crippen LogP contribution is -2.47. The van der Waals surface area contributed by atoms with Crippen molar-refractivity contribution in [2.24, 2.45) is 0 Å². The van der Waals surface area contributed by atoms with E-state index >= 15 is 0 Å². The van der Waals surface area contributed by atoms with Crippen LogP contribution in [0.3, 0.4) is 0 Å². The van der Waals surface area contributed by atoms with Crippen molar-refractivity contribution in [3.05, 3.63) is 65.2 Å². The summed E-state index contributed by atoms with van der Waals surface area (Å²) >= 11 is 1.78. The number of benzene rings is 2. The summed E-state index contributed by atoms with van der Waals surface area (Å²) in [6.45, 7) is -0.263. The van der Waals surface area contributed by atoms with Gasteiger partial charge in [0.2, 0.25) is 5.91 Å². The van der Waals surface area contributed by atoms with Crippen LogP contribution in [0.15, 0.2) is 53.4 Å². The molecule has 0 unspecified atom stereocenters. The average molecular weight is 422 g/mol. The van der Waals surface area contributed by atoms with Crippen molar-refractivity contribution in [1.82, 2.24) is 15.5 Å². The van der Waals surface area contributed by atoms with Crippen molar-refractivity contribution >= 4 is 29.6 Å². The number of fused-ring (bicyclic) bond motifs is 3. The zero-order valence-electron chi connectivity index (χ0n) is 16.5. The Bertz CT molecular complexity index is 1040. The molecule has 1 spiro atoms. The van der Waals surface area contributed by atoms with Gasteiger partial charge in [-0.3, -0.25) is 14.5 Å². The van der Waals surface area contributed by atoms with Crippen LogP contribution in [0.4, 0.5) is 4.79 Å². The van der Waals surface area contributed by atoms with Crippen LogP contribution in [0.2, 0.25) is 0 Å². The highest BCUT2D eigenvalue weighted by Gasteiger charge is 2.54. The molecule has 2 aliphatic heterocycles. The second-order valence-electron chi connectivity index (χ2n) is 8.03. The lowest BCUT2D eigenvalue weighted by atomic mass is 9.76. The summed E-state index contributed by atoms with van der Waals surface area (Å²) in [5.41, 5.74) is 1.99. The van der Waals surface area contributed by atoms with E-state index in [-0.39, 0.29) is 24.4 Å². The van der Waals surface area contributed by atoms with E-state index in [2.05, 4.69) is 16.7 Å². The largest absolute Gasteiger partial charge is 0.348 e. The first-order chi connectivity index (χ1) is 14.6. The van der Waals surface area contributed by atoms with Gasteiger partial charge in [-0.25, -0.2) is 4.79 Å². The van der Waals surface area contributed by atoms with Crippen LogP contribution in [0, 0.1) is 0 Å². The third-order valence-corrected chi connectivity index (χ3v) is 7.37. The number of carbonyl (C=O) groups is 3. The number of hydrogen-bond donors (Lipinski definition) is 2. The summed E-state index contributed by atoms with van der Waals surface area (Å²) in [5.74, 6) is 0.283. The normalized spacial score (nSPS) is 24.9. The van der Waals surface area contributed by atoms with E-state index in [0.29, 0.717) is 6.42 Å². The van der Waals surface area contributed by atoms with E-state index in [0.717, 1.165) is 46.6 Å². The zero-order valence-corrected chi connectivity index (χ0v) is 17.3. The zero-order chi connectivity index (χ0) is 20.7. The predicted molar refractivity (Wildman–Crippen MR) is 114 cm³/mol. The number of hydrogen-bond acceptors (Lipinski definition) is 4. The third kappa shape index (κ3) is 3.08. The monoisotopic (exact) mass is 421 g/mol. The van der Waals surface area contributed by atoms with Crippen molar-refractivity contribution in [1.29, 1.82) is 0 Å². The Hall–Kier alpha value is -2.80. The number of urea groups is 1. The van der Waals surface area contributed by atoms with Gasteiger partial charge in [0.15, 0.2) is 0 Å². The minimum atomic E-state index is -1.04. The van der Waals surface area contributed by atoms with E-state index in [1.807, 2.05) is 42.5 Å². The van der Waals surface area contributed by atoms with Crippen LogP contribution in [0.5, 0.6) is 0 Å². The Morgan fingerprint density at radius 1 is 1.17 bits per heavy atom. The standard InChI is InChI=1S/C23H23N3O3S/c27-20(24-18-11-13-30-19-10-4-2-8-16(18)19)14-26-21(28)23(25-22(26)29)12-5-7-15-6-1-3-9-17(15)23/h1-4,6,8-10,18H,5,7,11-14H2,(H,24,27)(H,25,29)/t18-,23-/m1/s1. The number of amides is 4. The van der Waals surface area contributed by atoms with Crippen LogP contribution in [0.25, 0.3) is 0 Å². The number of rotatable bonds is 3. The molecular weight excluding hydrogens is 398 g/mol. The smallest absolute Gasteiger partial charge is 0.325 e. The molecule has 0 bridgehead atoms. The number of carbonyl (C=O) groups excluding carboxylic acids is 3. The molecule has 5 rings (SSSR count). The van der Waals surface area contributed by atoms with Gasteiger partial charge in [-0.05, 0) is 48.4 Å². The molecule has 7 heteroatoms. The summed E-state index contributed by atoms with van der Waals surface area (Å²) in [5, 5.41) is 5.93. The van der Waals surface area contributed by atoms with Crippen LogP contribution in [-0.4, -0.2) is 35.0 Å². The van der Waals surface area contributed by atoms with Gasteiger partial charge in [0.1, 0.15) is 12.1 Å². The molecule has 0 radical (unpaired) electrons. The Morgan fingerprint density at radius 2 is 1.97 bits per heavy atom. The van der Waals surface area contributed by atoms with Crippen molar-refractivity contribution < 1.29 is 14.4 Å². The molecule has 154 valence electrons. The fourth-order valence-electron chi connectivity index (χ4n) is 4.83. The van der Waals surface area contributed by atoms with Crippen molar-refractivity contribution in [2.45, 2.75) is 42.2 Å². The van der Waals surface area contributed by atoms with Crippen molar-refractivity contribution in [2.75, 3.05) is 12.3 Å². The summed E-state index contributed by atoms with van der Waals surface area (Å²) in [7, 11) is 0. The predicted octanol–water partition coefficient (Wildman–Crippen LogP) is 3.12. The summed E-state index contributed by atoms with van der Waals surface area (Å²) in [6, 6.07) is 15.2. The van der Waals surface area contributed by atoms with Crippen LogP contribution < -0.4 is 10.6 Å². The average Bonchev–Trinajstić information content (AvgIpc) is 2.99. The molecule has 2 N–H and O–H groups in total. The van der Waals surface area contributed by atoms with Crippen molar-refractivity contribution in [3.63, 3.8) is 0 Å². The van der Waals surface area contributed by atoms with E-state index in [1.54, 1.807) is 11.8 Å². The maximum Gasteiger partial charge on any atom is 0.325 e. The third-order valence-electron chi connectivity index (χ3n) is 6.25. The Kier molecular flexibility index (Phi) is 4.77. The number of nitrogens with zero attached hydrogens (tertiary/aromatic N) is 1. The Balaban J connectivity index is 1.34. The molecule has 2 atom stereocenters. The van der Waals surface area contributed by atoms with E-state index in [1.165, 1.54) is 4.90 Å². The molecule has 6 nitrogen and oxygen atoms in total. The summed E-state index contributed by atoms with van der Waals surface area (Å²) in [6.07, 6.45) is 3.09. The van der Waals surface area contributed by atoms with Crippen LogP contribution in [0.1, 0.15) is 42.0 Å². The van der Waals surface area contributed by atoms with Gasteiger partial charge in [-0.15, -0.1) is 11.8 Å². The SMILES string of the molecule is O=C(CN1C(=O)N[C@@]2(CCCc3ccccc32)C1=O)N[C@@H]1CCSc2ccccc21. The molecule has 2 aromatic carbocycles. The first kappa shape index (κ1) is 19.2. The molecule has 0 aromatic heterocycles. The minimum Gasteiger partial charge on any atom is -0.348 e. The van der Waals surface area contributed by atoms with Gasteiger partial charge in [0.25, 0.3) is 5.91 Å². The Morgan fingerprint density at radius 3 is 2.87 bits per heavy atom. The van der Waals surface area contributed by atoms with Crippen molar-refractivity contribution in [3.8, 4) is 0 Å². The highest BCUT2D eigenvalue weighted by atomic mass is 32.2. The second-order valence-corrected chi connectivity index (χ2v) is 9.17. The van der Waals surface area contributed by atoms with Gasteiger partial charge >= 0.3 is 6.03 Å². The fraction of sp³-hybridized carbons (Fsp3) is 0.348. The summed E-state index contributed by atoms with van der Waals surface area (Å²) in [4.78, 5) is 41.1. The molecule has 30 heavy (non-hydrogen) atoms. The Labute approximate surface area is 179 Å². The molecule has 4 amide bonds. The minimum absolute atomic E-state index is 0.0971. The molecule has 1 fully saturated rings. The second kappa shape index (κ2) is 7.47. The van der Waals surface area contributed by atoms with Gasteiger partial charge in [-0.2, -0.15) is 0 Å². The van der Waals surface area contributed by atoms with Gasteiger partial charge < -0.3 is 10.6 Å². The molecular formula is C23H23N3O3S. The molecule has 0 saturated carbocycles. The number of nitrogens with one attached hydrogen (secondary N) is 2. The topological polar surface area (TPSA) is 78.5 Å². The quantitative estimate of drug-likeness (QED) is 0.747. The van der Waals surface area contributed by atoms with Gasteiger partial charge in [0.05, 0.1) is 6.04 Å². The lowest BCUT2D eigenvalue weighted by molar-refractivity contribution is -0.135. The summed E-state index contributed by atoms with van der Waals surface area (Å²) < 4.78 is 0. The van der Waals surface area contributed by atoms with E-state index < -0.39 is 11.6 Å². The molecule has 2 heterocycles. The molecule has 3 aliphatic rings. The molecule has 2 aromatic rings. The lowest BCUT2D eigenvalue weighted by Gasteiger charge is -2.33. The van der Waals surface area contributed by atoms with Gasteiger partial charge in [0, 0.05) is 10.6 Å². The van der Waals surface area contributed by atoms with Crippen LogP contribution in [-0.2, 0) is 21.5 Å². The van der Waals surface area contributed by atoms with Gasteiger partial charge in [-0.1, -0.05) is 42.5 Å². The maximum atomic E-state index is 13.3. The fourth-order valence-corrected chi connectivity index (χ4v) is 5.96. The highest BCUT2D eigenvalue weighted by Crippen LogP contribution is 2.40. The van der Waals surface area contributed by atoms with E-state index in [4.69, 9.17) is 0 Å². The van der Waals surface area contributed by atoms with Crippen LogP contribution >= 0.6 is 11.8 Å². The van der Waals surface area contributed by atoms with E-state index in [9.17, 15) is 14.4 Å². The molecule has 1 saturated heterocycles.